The Bertz CT molecular complexity index is 1350. The number of carbonyl (C=O) groups excluding carboxylic acids is 1. The monoisotopic (exact) mass is 478 g/mol. The van der Waals surface area contributed by atoms with Gasteiger partial charge in [-0.2, -0.15) is 5.10 Å². The maximum Gasteiger partial charge on any atom is 0.260 e. The van der Waals surface area contributed by atoms with Gasteiger partial charge < -0.3 is 14.2 Å². The summed E-state index contributed by atoms with van der Waals surface area (Å²) in [5.41, 5.74) is 3.27. The molecule has 0 saturated heterocycles. The van der Waals surface area contributed by atoms with Crippen molar-refractivity contribution in [1.29, 1.82) is 0 Å². The fourth-order valence-electron chi connectivity index (χ4n) is 4.01. The third-order valence-electron chi connectivity index (χ3n) is 5.57. The van der Waals surface area contributed by atoms with E-state index in [1.54, 1.807) is 23.1 Å². The molecule has 5 rings (SSSR count). The molecule has 176 valence electrons. The summed E-state index contributed by atoms with van der Waals surface area (Å²) in [6.45, 7) is 8.39. The van der Waals surface area contributed by atoms with Gasteiger partial charge in [-0.25, -0.2) is 4.98 Å². The minimum Gasteiger partial charge on any atom is -0.492 e. The number of ether oxygens (including phenoxy) is 3. The average molecular weight is 479 g/mol. The molecule has 0 atom stereocenters. The molecule has 1 aliphatic rings. The van der Waals surface area contributed by atoms with Gasteiger partial charge in [0.1, 0.15) is 24.5 Å². The summed E-state index contributed by atoms with van der Waals surface area (Å²) in [7, 11) is 0. The van der Waals surface area contributed by atoms with Crippen LogP contribution in [0.4, 0.5) is 5.13 Å². The first kappa shape index (κ1) is 22.2. The third-order valence-corrected chi connectivity index (χ3v) is 6.62. The van der Waals surface area contributed by atoms with Crippen molar-refractivity contribution in [3.63, 3.8) is 0 Å². The van der Waals surface area contributed by atoms with Gasteiger partial charge in [0.05, 0.1) is 23.5 Å². The molecule has 0 aliphatic carbocycles. The summed E-state index contributed by atoms with van der Waals surface area (Å²) in [5, 5.41) is 5.17. The topological polar surface area (TPSA) is 78.7 Å². The minimum atomic E-state index is -0.157. The molecule has 0 radical (unpaired) electrons. The van der Waals surface area contributed by atoms with Crippen LogP contribution in [0.5, 0.6) is 17.2 Å². The highest BCUT2D eigenvalue weighted by Crippen LogP contribution is 2.36. The van der Waals surface area contributed by atoms with Crippen LogP contribution in [0.2, 0.25) is 0 Å². The van der Waals surface area contributed by atoms with E-state index < -0.39 is 0 Å². The number of hydrogen-bond acceptors (Lipinski definition) is 7. The Morgan fingerprint density at radius 3 is 2.74 bits per heavy atom. The van der Waals surface area contributed by atoms with Crippen LogP contribution < -0.4 is 19.1 Å². The number of aryl methyl sites for hydroxylation is 2. The molecule has 34 heavy (non-hydrogen) atoms. The summed E-state index contributed by atoms with van der Waals surface area (Å²) >= 11 is 1.47. The summed E-state index contributed by atoms with van der Waals surface area (Å²) < 4.78 is 20.0. The van der Waals surface area contributed by atoms with Gasteiger partial charge in [0.2, 0.25) is 0 Å². The van der Waals surface area contributed by atoms with E-state index >= 15 is 0 Å². The van der Waals surface area contributed by atoms with Gasteiger partial charge in [-0.15, -0.1) is 0 Å². The van der Waals surface area contributed by atoms with Crippen LogP contribution >= 0.6 is 11.3 Å². The van der Waals surface area contributed by atoms with E-state index in [1.807, 2.05) is 49.7 Å². The predicted molar refractivity (Wildman–Crippen MR) is 132 cm³/mol. The highest BCUT2D eigenvalue weighted by Gasteiger charge is 2.24. The summed E-state index contributed by atoms with van der Waals surface area (Å²) in [5.74, 6) is 1.79. The molecule has 0 N–H and O–H groups in total. The molecule has 1 amide bonds. The largest absolute Gasteiger partial charge is 0.492 e. The first-order valence-electron chi connectivity index (χ1n) is 11.3. The molecule has 0 bridgehead atoms. The second kappa shape index (κ2) is 9.34. The van der Waals surface area contributed by atoms with Gasteiger partial charge in [0.25, 0.3) is 5.91 Å². The Morgan fingerprint density at radius 2 is 1.97 bits per heavy atom. The molecular weight excluding hydrogens is 452 g/mol. The molecule has 0 fully saturated rings. The Morgan fingerprint density at radius 1 is 1.15 bits per heavy atom. The third kappa shape index (κ3) is 4.31. The van der Waals surface area contributed by atoms with Crippen LogP contribution in [0.25, 0.3) is 10.2 Å². The average Bonchev–Trinajstić information content (AvgIpc) is 3.41. The van der Waals surface area contributed by atoms with E-state index in [1.165, 1.54) is 11.3 Å². The number of hydrogen-bond donors (Lipinski definition) is 0. The van der Waals surface area contributed by atoms with Gasteiger partial charge in [0, 0.05) is 17.8 Å². The van der Waals surface area contributed by atoms with Crippen LogP contribution in [-0.4, -0.2) is 47.0 Å². The van der Waals surface area contributed by atoms with E-state index in [0.717, 1.165) is 21.6 Å². The SMILES string of the molecule is CCOc1cccc2sc(N(CCn3nc(C)cc3C)C(=O)c3ccc4c(c3)OCCO4)nc12. The lowest BCUT2D eigenvalue weighted by Gasteiger charge is -2.22. The van der Waals surface area contributed by atoms with Gasteiger partial charge in [0.15, 0.2) is 16.6 Å². The van der Waals surface area contributed by atoms with Crippen molar-refractivity contribution in [2.24, 2.45) is 0 Å². The molecule has 0 spiro atoms. The standard InChI is InChI=1S/C25H26N4O4S/c1-4-31-20-6-5-7-22-23(20)26-25(34-22)28(10-11-29-17(3)14-16(2)27-29)24(30)18-8-9-19-21(15-18)33-13-12-32-19/h5-9,14-15H,4,10-13H2,1-3H3. The molecule has 1 aliphatic heterocycles. The van der Waals surface area contributed by atoms with E-state index in [2.05, 4.69) is 5.10 Å². The molecular formula is C25H26N4O4S. The number of benzene rings is 2. The number of fused-ring (bicyclic) bond motifs is 2. The number of carbonyl (C=O) groups is 1. The Hall–Kier alpha value is -3.59. The van der Waals surface area contributed by atoms with E-state index in [-0.39, 0.29) is 5.91 Å². The second-order valence-corrected chi connectivity index (χ2v) is 9.01. The van der Waals surface area contributed by atoms with E-state index in [9.17, 15) is 4.79 Å². The highest BCUT2D eigenvalue weighted by atomic mass is 32.1. The van der Waals surface area contributed by atoms with Crippen molar-refractivity contribution in [1.82, 2.24) is 14.8 Å². The van der Waals surface area contributed by atoms with Crippen molar-refractivity contribution < 1.29 is 19.0 Å². The fraction of sp³-hybridized carbons (Fsp3) is 0.320. The van der Waals surface area contributed by atoms with Gasteiger partial charge in [-0.3, -0.25) is 14.4 Å². The minimum absolute atomic E-state index is 0.157. The Kier molecular flexibility index (Phi) is 6.10. The van der Waals surface area contributed by atoms with Crippen LogP contribution in [0.1, 0.15) is 28.7 Å². The van der Waals surface area contributed by atoms with Crippen molar-refractivity contribution in [2.45, 2.75) is 27.3 Å². The predicted octanol–water partition coefficient (Wildman–Crippen LogP) is 4.63. The molecule has 2 aromatic carbocycles. The smallest absolute Gasteiger partial charge is 0.260 e. The first-order valence-corrected chi connectivity index (χ1v) is 12.1. The van der Waals surface area contributed by atoms with Gasteiger partial charge >= 0.3 is 0 Å². The van der Waals surface area contributed by atoms with Crippen molar-refractivity contribution >= 4 is 32.6 Å². The molecule has 2 aromatic heterocycles. The summed E-state index contributed by atoms with van der Waals surface area (Å²) in [6.07, 6.45) is 0. The molecule has 9 heteroatoms. The zero-order valence-corrected chi connectivity index (χ0v) is 20.2. The molecule has 4 aromatic rings. The maximum absolute atomic E-state index is 13.8. The van der Waals surface area contributed by atoms with Crippen LogP contribution in [-0.2, 0) is 6.54 Å². The van der Waals surface area contributed by atoms with E-state index in [4.69, 9.17) is 19.2 Å². The number of aromatic nitrogens is 3. The van der Waals surface area contributed by atoms with E-state index in [0.29, 0.717) is 60.9 Å². The zero-order valence-electron chi connectivity index (χ0n) is 19.4. The molecule has 3 heterocycles. The van der Waals surface area contributed by atoms with Gasteiger partial charge in [-0.05, 0) is 57.2 Å². The Balaban J connectivity index is 1.51. The quantitative estimate of drug-likeness (QED) is 0.386. The van der Waals surface area contributed by atoms with Crippen LogP contribution in [0.15, 0.2) is 42.5 Å². The number of thiazole rings is 1. The maximum atomic E-state index is 13.8. The number of anilines is 1. The van der Waals surface area contributed by atoms with Gasteiger partial charge in [-0.1, -0.05) is 17.4 Å². The van der Waals surface area contributed by atoms with Crippen LogP contribution in [0, 0.1) is 13.8 Å². The first-order chi connectivity index (χ1) is 16.5. The Labute approximate surface area is 201 Å². The summed E-state index contributed by atoms with van der Waals surface area (Å²) in [4.78, 5) is 20.3. The number of rotatable bonds is 7. The molecule has 0 saturated carbocycles. The van der Waals surface area contributed by atoms with Crippen molar-refractivity contribution in [2.75, 3.05) is 31.3 Å². The second-order valence-electron chi connectivity index (χ2n) is 8.00. The molecule has 8 nitrogen and oxygen atoms in total. The normalized spacial score (nSPS) is 12.7. The van der Waals surface area contributed by atoms with Crippen LogP contribution in [0.3, 0.4) is 0 Å². The lowest BCUT2D eigenvalue weighted by molar-refractivity contribution is 0.0984. The van der Waals surface area contributed by atoms with Crippen molar-refractivity contribution in [3.05, 3.63) is 59.4 Å². The summed E-state index contributed by atoms with van der Waals surface area (Å²) in [6, 6.07) is 13.2. The lowest BCUT2D eigenvalue weighted by Crippen LogP contribution is -2.34. The number of nitrogens with zero attached hydrogens (tertiary/aromatic N) is 4. The lowest BCUT2D eigenvalue weighted by atomic mass is 10.1. The highest BCUT2D eigenvalue weighted by molar-refractivity contribution is 7.22. The number of amides is 1. The van der Waals surface area contributed by atoms with Crippen molar-refractivity contribution in [3.8, 4) is 17.2 Å². The zero-order chi connectivity index (χ0) is 23.7. The molecule has 0 unspecified atom stereocenters. The number of para-hydroxylation sites is 1. The fourth-order valence-corrected chi connectivity index (χ4v) is 5.02.